The monoisotopic (exact) mass is 288 g/mol. The van der Waals surface area contributed by atoms with Gasteiger partial charge in [0.15, 0.2) is 5.60 Å². The van der Waals surface area contributed by atoms with Gasteiger partial charge in [0, 0.05) is 0 Å². The molecule has 0 amide bonds. The van der Waals surface area contributed by atoms with Crippen LogP contribution in [0.4, 0.5) is 13.2 Å². The third-order valence-electron chi connectivity index (χ3n) is 1.72. The molecule has 0 rings (SSSR count). The van der Waals surface area contributed by atoms with E-state index in [9.17, 15) is 37.5 Å². The summed E-state index contributed by atoms with van der Waals surface area (Å²) in [4.78, 5) is 41.9. The van der Waals surface area contributed by atoms with Crippen molar-refractivity contribution < 1.29 is 52.4 Å². The lowest BCUT2D eigenvalue weighted by molar-refractivity contribution is -0.203. The SMILES string of the molecule is O=C(O)CC(O)(CC(=O)OC(=O)C(F)(F)F)C(=O)O. The molecule has 0 saturated heterocycles. The fourth-order valence-corrected chi connectivity index (χ4v) is 0.900. The molecule has 0 spiro atoms. The summed E-state index contributed by atoms with van der Waals surface area (Å²) in [6.07, 6.45) is -8.57. The molecule has 0 saturated carbocycles. The van der Waals surface area contributed by atoms with E-state index in [0.29, 0.717) is 0 Å². The maximum Gasteiger partial charge on any atom is 0.491 e. The average Bonchev–Trinajstić information content (AvgIpc) is 2.13. The van der Waals surface area contributed by atoms with E-state index in [2.05, 4.69) is 4.74 Å². The molecule has 108 valence electrons. The van der Waals surface area contributed by atoms with Crippen LogP contribution in [0.2, 0.25) is 0 Å². The lowest BCUT2D eigenvalue weighted by Gasteiger charge is -2.19. The second kappa shape index (κ2) is 5.65. The Kier molecular flexibility index (Phi) is 5.00. The van der Waals surface area contributed by atoms with Gasteiger partial charge in [-0.1, -0.05) is 0 Å². The highest BCUT2D eigenvalue weighted by Crippen LogP contribution is 2.20. The molecule has 0 aliphatic heterocycles. The van der Waals surface area contributed by atoms with E-state index in [-0.39, 0.29) is 0 Å². The first-order valence-electron chi connectivity index (χ1n) is 4.38. The average molecular weight is 288 g/mol. The van der Waals surface area contributed by atoms with E-state index in [4.69, 9.17) is 10.2 Å². The minimum atomic E-state index is -5.48. The summed E-state index contributed by atoms with van der Waals surface area (Å²) in [7, 11) is 0. The van der Waals surface area contributed by atoms with Gasteiger partial charge in [-0.15, -0.1) is 0 Å². The van der Waals surface area contributed by atoms with Crippen molar-refractivity contribution in [2.45, 2.75) is 24.6 Å². The quantitative estimate of drug-likeness (QED) is 0.446. The number of hydrogen-bond acceptors (Lipinski definition) is 6. The first-order valence-corrected chi connectivity index (χ1v) is 4.38. The van der Waals surface area contributed by atoms with Gasteiger partial charge >= 0.3 is 30.1 Å². The van der Waals surface area contributed by atoms with E-state index in [0.717, 1.165) is 0 Å². The molecule has 0 aliphatic rings. The summed E-state index contributed by atoms with van der Waals surface area (Å²) in [5, 5.41) is 26.1. The summed E-state index contributed by atoms with van der Waals surface area (Å²) >= 11 is 0. The van der Waals surface area contributed by atoms with Crippen molar-refractivity contribution in [1.82, 2.24) is 0 Å². The Labute approximate surface area is 102 Å². The van der Waals surface area contributed by atoms with Crippen molar-refractivity contribution in [1.29, 1.82) is 0 Å². The van der Waals surface area contributed by atoms with Crippen LogP contribution < -0.4 is 0 Å². The maximum absolute atomic E-state index is 11.7. The molecule has 8 nitrogen and oxygen atoms in total. The Morgan fingerprint density at radius 1 is 1.00 bits per heavy atom. The molecular weight excluding hydrogens is 281 g/mol. The number of carbonyl (C=O) groups is 4. The fraction of sp³-hybridized carbons (Fsp3) is 0.500. The van der Waals surface area contributed by atoms with Gasteiger partial charge < -0.3 is 20.1 Å². The van der Waals surface area contributed by atoms with Crippen LogP contribution in [0.1, 0.15) is 12.8 Å². The predicted molar refractivity (Wildman–Crippen MR) is 46.6 cm³/mol. The smallest absolute Gasteiger partial charge is 0.481 e. The lowest BCUT2D eigenvalue weighted by atomic mass is 9.96. The van der Waals surface area contributed by atoms with Crippen LogP contribution in [-0.4, -0.2) is 51.0 Å². The molecule has 1 atom stereocenters. The molecule has 0 heterocycles. The van der Waals surface area contributed by atoms with Gasteiger partial charge in [-0.25, -0.2) is 9.59 Å². The molecule has 3 N–H and O–H groups in total. The lowest BCUT2D eigenvalue weighted by Crippen LogP contribution is -2.44. The van der Waals surface area contributed by atoms with Crippen molar-refractivity contribution in [2.75, 3.05) is 0 Å². The fourth-order valence-electron chi connectivity index (χ4n) is 0.900. The topological polar surface area (TPSA) is 138 Å². The van der Waals surface area contributed by atoms with Gasteiger partial charge in [-0.2, -0.15) is 13.2 Å². The van der Waals surface area contributed by atoms with Gasteiger partial charge in [0.1, 0.15) is 0 Å². The van der Waals surface area contributed by atoms with Crippen molar-refractivity contribution in [3.63, 3.8) is 0 Å². The number of alkyl halides is 3. The minimum absolute atomic E-state index is 1.46. The largest absolute Gasteiger partial charge is 0.491 e. The number of aliphatic hydroxyl groups is 1. The Hall–Kier alpha value is -2.17. The number of hydrogen-bond donors (Lipinski definition) is 3. The van der Waals surface area contributed by atoms with Gasteiger partial charge in [0.05, 0.1) is 12.8 Å². The standard InChI is InChI=1S/C8H7F3O8/c9-8(10,11)6(17)19-4(14)2-7(18,5(15)16)1-3(12)13/h18H,1-2H2,(H,12,13)(H,15,16). The zero-order valence-corrected chi connectivity index (χ0v) is 8.93. The molecule has 0 aromatic carbocycles. The number of carbonyl (C=O) groups excluding carboxylic acids is 2. The van der Waals surface area contributed by atoms with Crippen LogP contribution in [-0.2, 0) is 23.9 Å². The van der Waals surface area contributed by atoms with Crippen LogP contribution >= 0.6 is 0 Å². The Balaban J connectivity index is 4.80. The van der Waals surface area contributed by atoms with Crippen molar-refractivity contribution in [3.8, 4) is 0 Å². The third kappa shape index (κ3) is 5.33. The van der Waals surface area contributed by atoms with E-state index >= 15 is 0 Å². The second-order valence-electron chi connectivity index (χ2n) is 3.34. The minimum Gasteiger partial charge on any atom is -0.481 e. The molecular formula is C8H7F3O8. The first-order chi connectivity index (χ1) is 8.38. The highest BCUT2D eigenvalue weighted by atomic mass is 19.4. The molecule has 11 heteroatoms. The van der Waals surface area contributed by atoms with Crippen LogP contribution in [0.5, 0.6) is 0 Å². The van der Waals surface area contributed by atoms with E-state index in [1.54, 1.807) is 0 Å². The number of aliphatic carboxylic acids is 2. The van der Waals surface area contributed by atoms with Gasteiger partial charge in [-0.05, 0) is 0 Å². The summed E-state index contributed by atoms with van der Waals surface area (Å²) in [5.74, 6) is -8.90. The van der Waals surface area contributed by atoms with Crippen molar-refractivity contribution >= 4 is 23.9 Å². The number of carboxylic acids is 2. The molecule has 0 bridgehead atoms. The number of rotatable bonds is 5. The normalized spacial score (nSPS) is 14.3. The van der Waals surface area contributed by atoms with E-state index < -0.39 is 48.5 Å². The van der Waals surface area contributed by atoms with E-state index in [1.165, 1.54) is 0 Å². The highest BCUT2D eigenvalue weighted by molar-refractivity contribution is 5.93. The summed E-state index contributed by atoms with van der Waals surface area (Å²) in [6, 6.07) is 0. The second-order valence-corrected chi connectivity index (χ2v) is 3.34. The van der Waals surface area contributed by atoms with Crippen LogP contribution in [0.15, 0.2) is 0 Å². The molecule has 0 aromatic rings. The zero-order chi connectivity index (χ0) is 15.4. The van der Waals surface area contributed by atoms with Crippen LogP contribution in [0, 0.1) is 0 Å². The Morgan fingerprint density at radius 3 is 1.79 bits per heavy atom. The number of carboxylic acid groups (broad SMARTS) is 2. The van der Waals surface area contributed by atoms with Gasteiger partial charge in [0.2, 0.25) is 0 Å². The van der Waals surface area contributed by atoms with Crippen molar-refractivity contribution in [2.24, 2.45) is 0 Å². The summed E-state index contributed by atoms with van der Waals surface area (Å²) in [5.41, 5.74) is -3.17. The van der Waals surface area contributed by atoms with E-state index in [1.807, 2.05) is 0 Å². The number of ether oxygens (including phenoxy) is 1. The Bertz CT molecular complexity index is 415. The van der Waals surface area contributed by atoms with Crippen molar-refractivity contribution in [3.05, 3.63) is 0 Å². The Morgan fingerprint density at radius 2 is 1.47 bits per heavy atom. The number of halogens is 3. The molecule has 1 unspecified atom stereocenters. The van der Waals surface area contributed by atoms with Crippen LogP contribution in [0.3, 0.4) is 0 Å². The summed E-state index contributed by atoms with van der Waals surface area (Å²) in [6.45, 7) is 0. The molecule has 0 fully saturated rings. The molecule has 0 radical (unpaired) electrons. The summed E-state index contributed by atoms with van der Waals surface area (Å²) < 4.78 is 38.4. The predicted octanol–water partition coefficient (Wildman–Crippen LogP) is -0.701. The number of esters is 2. The van der Waals surface area contributed by atoms with Gasteiger partial charge in [-0.3, -0.25) is 9.59 Å². The first kappa shape index (κ1) is 16.8. The maximum atomic E-state index is 11.7. The zero-order valence-electron chi connectivity index (χ0n) is 8.93. The molecule has 0 aliphatic carbocycles. The van der Waals surface area contributed by atoms with Gasteiger partial charge in [0.25, 0.3) is 0 Å². The highest BCUT2D eigenvalue weighted by Gasteiger charge is 2.46. The third-order valence-corrected chi connectivity index (χ3v) is 1.72. The molecule has 0 aromatic heterocycles. The van der Waals surface area contributed by atoms with Crippen LogP contribution in [0.25, 0.3) is 0 Å². The molecule has 19 heavy (non-hydrogen) atoms.